The third-order valence-corrected chi connectivity index (χ3v) is 2.93. The minimum atomic E-state index is -0.410. The Morgan fingerprint density at radius 3 is 2.60 bits per heavy atom. The Kier molecular flexibility index (Phi) is 5.69. The zero-order chi connectivity index (χ0) is 11.1. The van der Waals surface area contributed by atoms with Gasteiger partial charge in [-0.05, 0) is 32.6 Å². The minimum absolute atomic E-state index is 0.242. The summed E-state index contributed by atoms with van der Waals surface area (Å²) < 4.78 is 10.4. The molecule has 3 heteroatoms. The normalized spacial score (nSPS) is 19.9. The monoisotopic (exact) mass is 214 g/mol. The molecule has 15 heavy (non-hydrogen) atoms. The molecule has 88 valence electrons. The summed E-state index contributed by atoms with van der Waals surface area (Å²) in [6.45, 7) is 4.71. The predicted molar refractivity (Wildman–Crippen MR) is 58.6 cm³/mol. The van der Waals surface area contributed by atoms with Crippen molar-refractivity contribution in [3.63, 3.8) is 0 Å². The summed E-state index contributed by atoms with van der Waals surface area (Å²) in [5, 5.41) is 0. The van der Waals surface area contributed by atoms with Gasteiger partial charge in [-0.3, -0.25) is 0 Å². The van der Waals surface area contributed by atoms with Gasteiger partial charge in [0, 0.05) is 0 Å². The molecule has 1 fully saturated rings. The van der Waals surface area contributed by atoms with Crippen LogP contribution in [0.2, 0.25) is 0 Å². The van der Waals surface area contributed by atoms with Crippen LogP contribution in [0.3, 0.4) is 0 Å². The number of esters is 1. The molecule has 0 aliphatic heterocycles. The van der Waals surface area contributed by atoms with E-state index >= 15 is 0 Å². The van der Waals surface area contributed by atoms with E-state index < -0.39 is 6.10 Å². The molecule has 0 N–H and O–H groups in total. The molecule has 0 aromatic heterocycles. The van der Waals surface area contributed by atoms with Gasteiger partial charge in [0.05, 0.1) is 13.2 Å². The molecule has 1 rings (SSSR count). The number of carbonyl (C=O) groups is 1. The lowest BCUT2D eigenvalue weighted by atomic mass is 9.90. The Balaban J connectivity index is 2.14. The van der Waals surface area contributed by atoms with Crippen molar-refractivity contribution in [1.29, 1.82) is 0 Å². The van der Waals surface area contributed by atoms with E-state index in [4.69, 9.17) is 9.47 Å². The van der Waals surface area contributed by atoms with Gasteiger partial charge in [-0.1, -0.05) is 19.3 Å². The highest BCUT2D eigenvalue weighted by Crippen LogP contribution is 2.24. The molecule has 0 bridgehead atoms. The van der Waals surface area contributed by atoms with E-state index in [-0.39, 0.29) is 5.97 Å². The summed E-state index contributed by atoms with van der Waals surface area (Å²) in [6.07, 6.45) is 6.05. The molecule has 1 aliphatic carbocycles. The summed E-state index contributed by atoms with van der Waals surface area (Å²) in [5.41, 5.74) is 0. The molecule has 0 radical (unpaired) electrons. The van der Waals surface area contributed by atoms with Crippen molar-refractivity contribution in [3.05, 3.63) is 0 Å². The first-order valence-corrected chi connectivity index (χ1v) is 6.02. The van der Waals surface area contributed by atoms with Crippen LogP contribution in [0.5, 0.6) is 0 Å². The van der Waals surface area contributed by atoms with Crippen LogP contribution in [0.1, 0.15) is 46.0 Å². The maximum atomic E-state index is 11.3. The fourth-order valence-electron chi connectivity index (χ4n) is 1.96. The SMILES string of the molecule is CCOC(=O)C(C)OCC1CCCCC1. The Hall–Kier alpha value is -0.570. The first-order chi connectivity index (χ1) is 7.24. The third kappa shape index (κ3) is 4.65. The topological polar surface area (TPSA) is 35.5 Å². The summed E-state index contributed by atoms with van der Waals surface area (Å²) in [5.74, 6) is 0.406. The van der Waals surface area contributed by atoms with Crippen molar-refractivity contribution in [2.24, 2.45) is 5.92 Å². The van der Waals surface area contributed by atoms with Gasteiger partial charge in [-0.25, -0.2) is 4.79 Å². The van der Waals surface area contributed by atoms with Gasteiger partial charge in [0.2, 0.25) is 0 Å². The fraction of sp³-hybridized carbons (Fsp3) is 0.917. The van der Waals surface area contributed by atoms with Gasteiger partial charge < -0.3 is 9.47 Å². The van der Waals surface area contributed by atoms with Crippen LogP contribution in [0, 0.1) is 5.92 Å². The number of hydrogen-bond donors (Lipinski definition) is 0. The smallest absolute Gasteiger partial charge is 0.334 e. The van der Waals surface area contributed by atoms with E-state index in [9.17, 15) is 4.79 Å². The van der Waals surface area contributed by atoms with Gasteiger partial charge in [0.25, 0.3) is 0 Å². The van der Waals surface area contributed by atoms with Gasteiger partial charge in [0.1, 0.15) is 0 Å². The van der Waals surface area contributed by atoms with Gasteiger partial charge in [0.15, 0.2) is 6.10 Å². The minimum Gasteiger partial charge on any atom is -0.464 e. The molecule has 1 unspecified atom stereocenters. The van der Waals surface area contributed by atoms with Crippen molar-refractivity contribution in [3.8, 4) is 0 Å². The van der Waals surface area contributed by atoms with Crippen molar-refractivity contribution >= 4 is 5.97 Å². The molecule has 1 aliphatic rings. The van der Waals surface area contributed by atoms with Gasteiger partial charge in [-0.15, -0.1) is 0 Å². The summed E-state index contributed by atoms with van der Waals surface area (Å²) in [4.78, 5) is 11.3. The van der Waals surface area contributed by atoms with Crippen LogP contribution in [-0.4, -0.2) is 25.3 Å². The van der Waals surface area contributed by atoms with Crippen molar-refractivity contribution in [2.45, 2.75) is 52.1 Å². The van der Waals surface area contributed by atoms with E-state index in [0.717, 1.165) is 0 Å². The number of carbonyl (C=O) groups excluding carboxylic acids is 1. The Morgan fingerprint density at radius 1 is 1.33 bits per heavy atom. The molecule has 0 saturated heterocycles. The third-order valence-electron chi connectivity index (χ3n) is 2.93. The van der Waals surface area contributed by atoms with E-state index in [0.29, 0.717) is 19.1 Å². The standard InChI is InChI=1S/C12H22O3/c1-3-14-12(13)10(2)15-9-11-7-5-4-6-8-11/h10-11H,3-9H2,1-2H3. The second-order valence-electron chi connectivity index (χ2n) is 4.23. The lowest BCUT2D eigenvalue weighted by molar-refractivity contribution is -0.156. The fourth-order valence-corrected chi connectivity index (χ4v) is 1.96. The predicted octanol–water partition coefficient (Wildman–Crippen LogP) is 2.53. The van der Waals surface area contributed by atoms with Crippen LogP contribution >= 0.6 is 0 Å². The highest BCUT2D eigenvalue weighted by atomic mass is 16.6. The maximum absolute atomic E-state index is 11.3. The Bertz CT molecular complexity index is 185. The second-order valence-corrected chi connectivity index (χ2v) is 4.23. The van der Waals surface area contributed by atoms with Crippen molar-refractivity contribution in [1.82, 2.24) is 0 Å². The number of ether oxygens (including phenoxy) is 2. The zero-order valence-corrected chi connectivity index (χ0v) is 9.83. The zero-order valence-electron chi connectivity index (χ0n) is 9.83. The maximum Gasteiger partial charge on any atom is 0.334 e. The molecule has 0 aromatic carbocycles. The molecular formula is C12H22O3. The van der Waals surface area contributed by atoms with Crippen LogP contribution in [0.15, 0.2) is 0 Å². The lowest BCUT2D eigenvalue weighted by Crippen LogP contribution is -2.26. The highest BCUT2D eigenvalue weighted by Gasteiger charge is 2.18. The molecule has 0 amide bonds. The summed E-state index contributed by atoms with van der Waals surface area (Å²) in [7, 11) is 0. The van der Waals surface area contributed by atoms with E-state index in [1.165, 1.54) is 32.1 Å². The molecular weight excluding hydrogens is 192 g/mol. The van der Waals surface area contributed by atoms with E-state index in [1.807, 2.05) is 6.92 Å². The molecule has 0 spiro atoms. The van der Waals surface area contributed by atoms with Gasteiger partial charge in [-0.2, -0.15) is 0 Å². The summed E-state index contributed by atoms with van der Waals surface area (Å²) in [6, 6.07) is 0. The van der Waals surface area contributed by atoms with Crippen molar-refractivity contribution in [2.75, 3.05) is 13.2 Å². The molecule has 1 saturated carbocycles. The van der Waals surface area contributed by atoms with Gasteiger partial charge >= 0.3 is 5.97 Å². The molecule has 0 heterocycles. The number of hydrogen-bond acceptors (Lipinski definition) is 3. The first kappa shape index (κ1) is 12.5. The summed E-state index contributed by atoms with van der Waals surface area (Å²) >= 11 is 0. The molecule has 3 nitrogen and oxygen atoms in total. The largest absolute Gasteiger partial charge is 0.464 e. The number of rotatable bonds is 5. The Labute approximate surface area is 92.1 Å². The van der Waals surface area contributed by atoms with Crippen LogP contribution in [-0.2, 0) is 14.3 Å². The van der Waals surface area contributed by atoms with Crippen LogP contribution in [0.25, 0.3) is 0 Å². The average Bonchev–Trinajstić information content (AvgIpc) is 2.27. The van der Waals surface area contributed by atoms with E-state index in [2.05, 4.69) is 0 Å². The molecule has 1 atom stereocenters. The average molecular weight is 214 g/mol. The van der Waals surface area contributed by atoms with Crippen molar-refractivity contribution < 1.29 is 14.3 Å². The molecule has 0 aromatic rings. The van der Waals surface area contributed by atoms with Crippen LogP contribution in [0.4, 0.5) is 0 Å². The van der Waals surface area contributed by atoms with Crippen LogP contribution < -0.4 is 0 Å². The lowest BCUT2D eigenvalue weighted by Gasteiger charge is -2.22. The Morgan fingerprint density at radius 2 is 2.00 bits per heavy atom. The highest BCUT2D eigenvalue weighted by molar-refractivity contribution is 5.74. The van der Waals surface area contributed by atoms with E-state index in [1.54, 1.807) is 6.92 Å². The quantitative estimate of drug-likeness (QED) is 0.660. The second kappa shape index (κ2) is 6.83. The first-order valence-electron chi connectivity index (χ1n) is 6.02.